The number of nitrogens with one attached hydrogen (secondary N) is 2. The van der Waals surface area contributed by atoms with E-state index in [4.69, 9.17) is 0 Å². The van der Waals surface area contributed by atoms with Crippen LogP contribution in [0.4, 0.5) is 0 Å². The zero-order chi connectivity index (χ0) is 14.1. The van der Waals surface area contributed by atoms with Crippen molar-refractivity contribution in [2.24, 2.45) is 5.41 Å². The van der Waals surface area contributed by atoms with Crippen LogP contribution in [-0.2, 0) is 4.79 Å². The summed E-state index contributed by atoms with van der Waals surface area (Å²) in [7, 11) is 0. The molecule has 0 aromatic carbocycles. The summed E-state index contributed by atoms with van der Waals surface area (Å²) in [5.41, 5.74) is 0.220. The van der Waals surface area contributed by atoms with Crippen molar-refractivity contribution < 1.29 is 4.79 Å². The lowest BCUT2D eigenvalue weighted by Gasteiger charge is -2.25. The summed E-state index contributed by atoms with van der Waals surface area (Å²) in [6.45, 7) is 7.99. The predicted octanol–water partition coefficient (Wildman–Crippen LogP) is 3.24. The molecule has 3 nitrogen and oxygen atoms in total. The first-order valence-corrected chi connectivity index (χ1v) is 8.03. The largest absolute Gasteiger partial charge is 0.354 e. The smallest absolute Gasteiger partial charge is 0.233 e. The van der Waals surface area contributed by atoms with Crippen LogP contribution >= 0.6 is 0 Å². The van der Waals surface area contributed by atoms with E-state index in [1.54, 1.807) is 0 Å². The maximum Gasteiger partial charge on any atom is 0.233 e. The molecule has 0 spiro atoms. The normalized spacial score (nSPS) is 16.8. The van der Waals surface area contributed by atoms with Gasteiger partial charge in [-0.3, -0.25) is 4.79 Å². The Bertz CT molecular complexity index is 257. The summed E-state index contributed by atoms with van der Waals surface area (Å²) in [6.07, 6.45) is 10.1. The van der Waals surface area contributed by atoms with Crippen LogP contribution in [0.15, 0.2) is 0 Å². The number of unbranched alkanes of at least 4 members (excludes halogenated alkanes) is 2. The first-order valence-electron chi connectivity index (χ1n) is 8.03. The van der Waals surface area contributed by atoms with Crippen LogP contribution in [0.2, 0.25) is 0 Å². The zero-order valence-electron chi connectivity index (χ0n) is 13.1. The molecular formula is C16H32N2O. The van der Waals surface area contributed by atoms with Crippen LogP contribution in [-0.4, -0.2) is 25.0 Å². The molecule has 0 saturated heterocycles. The maximum absolute atomic E-state index is 11.8. The molecule has 0 aliphatic heterocycles. The molecule has 1 fully saturated rings. The maximum atomic E-state index is 11.8. The van der Waals surface area contributed by atoms with Gasteiger partial charge >= 0.3 is 0 Å². The van der Waals surface area contributed by atoms with E-state index in [0.29, 0.717) is 12.6 Å². The van der Waals surface area contributed by atoms with Crippen molar-refractivity contribution in [2.45, 2.75) is 78.2 Å². The van der Waals surface area contributed by atoms with Crippen molar-refractivity contribution in [3.63, 3.8) is 0 Å². The van der Waals surface area contributed by atoms with Crippen LogP contribution in [0.1, 0.15) is 72.1 Å². The van der Waals surface area contributed by atoms with Gasteiger partial charge in [-0.1, -0.05) is 52.9 Å². The second-order valence-corrected chi connectivity index (χ2v) is 6.76. The molecule has 0 unspecified atom stereocenters. The van der Waals surface area contributed by atoms with Crippen LogP contribution in [0.5, 0.6) is 0 Å². The minimum atomic E-state index is 0.149. The molecule has 0 aromatic rings. The highest BCUT2D eigenvalue weighted by Crippen LogP contribution is 2.22. The Balaban J connectivity index is 2.10. The van der Waals surface area contributed by atoms with Gasteiger partial charge in [-0.15, -0.1) is 0 Å². The highest BCUT2D eigenvalue weighted by Gasteiger charge is 2.19. The first kappa shape index (κ1) is 16.5. The fraction of sp³-hybridized carbons (Fsp3) is 0.938. The quantitative estimate of drug-likeness (QED) is 0.630. The topological polar surface area (TPSA) is 41.1 Å². The van der Waals surface area contributed by atoms with E-state index in [1.165, 1.54) is 51.4 Å². The van der Waals surface area contributed by atoms with Crippen molar-refractivity contribution >= 4 is 5.91 Å². The van der Waals surface area contributed by atoms with Gasteiger partial charge in [0.1, 0.15) is 0 Å². The molecular weight excluding hydrogens is 236 g/mol. The molecule has 1 rings (SSSR count). The van der Waals surface area contributed by atoms with Gasteiger partial charge in [-0.05, 0) is 24.7 Å². The predicted molar refractivity (Wildman–Crippen MR) is 81.2 cm³/mol. The second kappa shape index (κ2) is 8.57. The highest BCUT2D eigenvalue weighted by atomic mass is 16.1. The number of hydrogen-bond donors (Lipinski definition) is 2. The summed E-state index contributed by atoms with van der Waals surface area (Å²) in [5, 5.41) is 6.43. The number of amides is 1. The standard InChI is InChI=1S/C16H32N2O/c1-4-5-8-11-16(2,3)13-18-15(19)12-17-14-9-6-7-10-14/h14,17H,4-13H2,1-3H3,(H,18,19). The molecule has 0 aromatic heterocycles. The summed E-state index contributed by atoms with van der Waals surface area (Å²) in [6, 6.07) is 0.573. The third kappa shape index (κ3) is 7.56. The van der Waals surface area contributed by atoms with Crippen molar-refractivity contribution in [1.29, 1.82) is 0 Å². The minimum absolute atomic E-state index is 0.149. The van der Waals surface area contributed by atoms with E-state index in [0.717, 1.165) is 6.54 Å². The monoisotopic (exact) mass is 268 g/mol. The minimum Gasteiger partial charge on any atom is -0.354 e. The van der Waals surface area contributed by atoms with Gasteiger partial charge in [0.2, 0.25) is 5.91 Å². The molecule has 2 N–H and O–H groups in total. The number of hydrogen-bond acceptors (Lipinski definition) is 2. The van der Waals surface area contributed by atoms with Crippen molar-refractivity contribution in [1.82, 2.24) is 10.6 Å². The lowest BCUT2D eigenvalue weighted by molar-refractivity contribution is -0.120. The van der Waals surface area contributed by atoms with Crippen LogP contribution in [0, 0.1) is 5.41 Å². The van der Waals surface area contributed by atoms with Crippen molar-refractivity contribution in [3.05, 3.63) is 0 Å². The van der Waals surface area contributed by atoms with E-state index < -0.39 is 0 Å². The molecule has 1 aliphatic rings. The highest BCUT2D eigenvalue weighted by molar-refractivity contribution is 5.78. The summed E-state index contributed by atoms with van der Waals surface area (Å²) in [5.74, 6) is 0.149. The summed E-state index contributed by atoms with van der Waals surface area (Å²) in [4.78, 5) is 11.8. The third-order valence-corrected chi connectivity index (χ3v) is 4.13. The Labute approximate surface area is 118 Å². The van der Waals surface area contributed by atoms with Crippen LogP contribution in [0.3, 0.4) is 0 Å². The van der Waals surface area contributed by atoms with Crippen LogP contribution in [0.25, 0.3) is 0 Å². The summed E-state index contributed by atoms with van der Waals surface area (Å²) >= 11 is 0. The van der Waals surface area contributed by atoms with E-state index in [2.05, 4.69) is 31.4 Å². The van der Waals surface area contributed by atoms with Gasteiger partial charge in [-0.25, -0.2) is 0 Å². The fourth-order valence-electron chi connectivity index (χ4n) is 2.71. The molecule has 19 heavy (non-hydrogen) atoms. The van der Waals surface area contributed by atoms with Gasteiger partial charge in [0.05, 0.1) is 6.54 Å². The second-order valence-electron chi connectivity index (χ2n) is 6.76. The average molecular weight is 268 g/mol. The molecule has 0 radical (unpaired) electrons. The fourth-order valence-corrected chi connectivity index (χ4v) is 2.71. The molecule has 3 heteroatoms. The lowest BCUT2D eigenvalue weighted by Crippen LogP contribution is -2.41. The Morgan fingerprint density at radius 3 is 2.53 bits per heavy atom. The van der Waals surface area contributed by atoms with E-state index in [-0.39, 0.29) is 11.3 Å². The Kier molecular flexibility index (Phi) is 7.44. The van der Waals surface area contributed by atoms with E-state index in [1.807, 2.05) is 0 Å². The molecule has 0 atom stereocenters. The number of rotatable bonds is 9. The van der Waals surface area contributed by atoms with Gasteiger partial charge < -0.3 is 10.6 Å². The Morgan fingerprint density at radius 1 is 1.21 bits per heavy atom. The van der Waals surface area contributed by atoms with Crippen molar-refractivity contribution in [3.8, 4) is 0 Å². The molecule has 112 valence electrons. The van der Waals surface area contributed by atoms with Crippen LogP contribution < -0.4 is 10.6 Å². The number of carbonyl (C=O) groups is 1. The molecule has 1 saturated carbocycles. The van der Waals surface area contributed by atoms with Gasteiger partial charge in [0.25, 0.3) is 0 Å². The summed E-state index contributed by atoms with van der Waals surface area (Å²) < 4.78 is 0. The average Bonchev–Trinajstić information content (AvgIpc) is 2.87. The molecule has 0 heterocycles. The third-order valence-electron chi connectivity index (χ3n) is 4.13. The molecule has 0 bridgehead atoms. The first-order chi connectivity index (χ1) is 9.03. The Hall–Kier alpha value is -0.570. The number of carbonyl (C=O) groups excluding carboxylic acids is 1. The SMILES string of the molecule is CCCCCC(C)(C)CNC(=O)CNC1CCCC1. The van der Waals surface area contributed by atoms with E-state index >= 15 is 0 Å². The van der Waals surface area contributed by atoms with Gasteiger partial charge in [0, 0.05) is 12.6 Å². The van der Waals surface area contributed by atoms with Crippen molar-refractivity contribution in [2.75, 3.05) is 13.1 Å². The van der Waals surface area contributed by atoms with Gasteiger partial charge in [-0.2, -0.15) is 0 Å². The Morgan fingerprint density at radius 2 is 1.89 bits per heavy atom. The molecule has 1 aliphatic carbocycles. The van der Waals surface area contributed by atoms with Gasteiger partial charge in [0.15, 0.2) is 0 Å². The molecule has 1 amide bonds. The lowest BCUT2D eigenvalue weighted by atomic mass is 9.87. The van der Waals surface area contributed by atoms with E-state index in [9.17, 15) is 4.79 Å². The zero-order valence-corrected chi connectivity index (χ0v) is 13.1.